The van der Waals surface area contributed by atoms with Crippen LogP contribution < -0.4 is 4.72 Å². The van der Waals surface area contributed by atoms with Crippen LogP contribution in [0.4, 0.5) is 0 Å². The Kier molecular flexibility index (Phi) is 2.50. The molecule has 3 atom stereocenters. The minimum absolute atomic E-state index is 0.0497. The fourth-order valence-electron chi connectivity index (χ4n) is 2.36. The quantitative estimate of drug-likeness (QED) is 0.824. The molecule has 0 bridgehead atoms. The molecule has 5 heteroatoms. The van der Waals surface area contributed by atoms with Crippen LogP contribution in [-0.4, -0.2) is 26.7 Å². The van der Waals surface area contributed by atoms with Gasteiger partial charge in [0.05, 0.1) is 17.0 Å². The van der Waals surface area contributed by atoms with E-state index in [1.165, 1.54) is 0 Å². The molecule has 1 heterocycles. The first-order valence-corrected chi connectivity index (χ1v) is 7.29. The monoisotopic (exact) mass is 253 g/mol. The summed E-state index contributed by atoms with van der Waals surface area (Å²) in [6.45, 7) is 1.93. The van der Waals surface area contributed by atoms with Crippen molar-refractivity contribution in [3.05, 3.63) is 29.8 Å². The molecule has 1 aromatic carbocycles. The predicted molar refractivity (Wildman–Crippen MR) is 63.2 cm³/mol. The van der Waals surface area contributed by atoms with Crippen LogP contribution in [0.1, 0.15) is 18.4 Å². The fraction of sp³-hybridized carbons (Fsp3) is 0.500. The first-order valence-electron chi connectivity index (χ1n) is 5.81. The SMILES string of the molecule is Cc1ccc(S(=O)(=O)N[C@@H]2CC[C@H]3O[C@@H]23)cc1. The van der Waals surface area contributed by atoms with E-state index in [0.29, 0.717) is 11.0 Å². The van der Waals surface area contributed by atoms with Crippen LogP contribution in [0.15, 0.2) is 29.2 Å². The Morgan fingerprint density at radius 3 is 2.47 bits per heavy atom. The normalized spacial score (nSPS) is 31.2. The molecule has 0 spiro atoms. The van der Waals surface area contributed by atoms with E-state index >= 15 is 0 Å². The molecular weight excluding hydrogens is 238 g/mol. The highest BCUT2D eigenvalue weighted by Gasteiger charge is 2.51. The third kappa shape index (κ3) is 2.10. The number of benzene rings is 1. The van der Waals surface area contributed by atoms with Crippen LogP contribution in [0.2, 0.25) is 0 Å². The van der Waals surface area contributed by atoms with Crippen molar-refractivity contribution in [3.8, 4) is 0 Å². The molecule has 0 unspecified atom stereocenters. The fourth-order valence-corrected chi connectivity index (χ4v) is 3.64. The summed E-state index contributed by atoms with van der Waals surface area (Å²) >= 11 is 0. The number of hydrogen-bond donors (Lipinski definition) is 1. The number of epoxide rings is 1. The number of aryl methyl sites for hydroxylation is 1. The Labute approximate surface area is 101 Å². The van der Waals surface area contributed by atoms with Crippen molar-refractivity contribution in [2.75, 3.05) is 0 Å². The van der Waals surface area contributed by atoms with E-state index < -0.39 is 10.0 Å². The third-order valence-electron chi connectivity index (χ3n) is 3.42. The van der Waals surface area contributed by atoms with Gasteiger partial charge >= 0.3 is 0 Å². The molecule has 0 radical (unpaired) electrons. The molecule has 0 amide bonds. The molecule has 3 rings (SSSR count). The molecule has 1 aromatic rings. The van der Waals surface area contributed by atoms with Gasteiger partial charge in [0, 0.05) is 0 Å². The van der Waals surface area contributed by atoms with E-state index in [9.17, 15) is 8.42 Å². The molecule has 2 aliphatic rings. The Balaban J connectivity index is 1.78. The lowest BCUT2D eigenvalue weighted by atomic mass is 10.2. The van der Waals surface area contributed by atoms with Crippen molar-refractivity contribution in [2.24, 2.45) is 0 Å². The third-order valence-corrected chi connectivity index (χ3v) is 4.92. The van der Waals surface area contributed by atoms with Gasteiger partial charge in [0.15, 0.2) is 0 Å². The van der Waals surface area contributed by atoms with Gasteiger partial charge in [-0.25, -0.2) is 13.1 Å². The van der Waals surface area contributed by atoms with Crippen molar-refractivity contribution in [1.29, 1.82) is 0 Å². The topological polar surface area (TPSA) is 58.7 Å². The number of nitrogens with one attached hydrogen (secondary N) is 1. The van der Waals surface area contributed by atoms with E-state index in [2.05, 4.69) is 4.72 Å². The van der Waals surface area contributed by atoms with Crippen molar-refractivity contribution >= 4 is 10.0 Å². The second kappa shape index (κ2) is 3.80. The molecule has 1 aliphatic carbocycles. The van der Waals surface area contributed by atoms with Crippen LogP contribution in [0, 0.1) is 6.92 Å². The standard InChI is InChI=1S/C12H15NO3S/c1-8-2-4-9(5-3-8)17(14,15)13-10-6-7-11-12(10)16-11/h2-5,10-13H,6-7H2,1H3/t10-,11-,12+/m1/s1. The van der Waals surface area contributed by atoms with E-state index in [1.54, 1.807) is 24.3 Å². The predicted octanol–water partition coefficient (Wildman–Crippen LogP) is 1.20. The molecule has 92 valence electrons. The maximum Gasteiger partial charge on any atom is 0.240 e. The zero-order chi connectivity index (χ0) is 12.0. The first kappa shape index (κ1) is 11.2. The Hall–Kier alpha value is -0.910. The summed E-state index contributed by atoms with van der Waals surface area (Å²) in [5.74, 6) is 0. The average Bonchev–Trinajstić information content (AvgIpc) is 2.96. The largest absolute Gasteiger partial charge is 0.368 e. The van der Waals surface area contributed by atoms with Gasteiger partial charge in [-0.05, 0) is 31.9 Å². The smallest absolute Gasteiger partial charge is 0.240 e. The molecule has 0 aromatic heterocycles. The van der Waals surface area contributed by atoms with Gasteiger partial charge in [-0.2, -0.15) is 0 Å². The van der Waals surface area contributed by atoms with Crippen LogP contribution in [-0.2, 0) is 14.8 Å². The summed E-state index contributed by atoms with van der Waals surface area (Å²) in [7, 11) is -3.40. The lowest BCUT2D eigenvalue weighted by molar-refractivity contribution is 0.293. The zero-order valence-electron chi connectivity index (χ0n) is 9.59. The van der Waals surface area contributed by atoms with Gasteiger partial charge in [-0.3, -0.25) is 0 Å². The maximum absolute atomic E-state index is 12.1. The highest BCUT2D eigenvalue weighted by molar-refractivity contribution is 7.89. The molecule has 4 nitrogen and oxygen atoms in total. The van der Waals surface area contributed by atoms with Crippen molar-refractivity contribution in [1.82, 2.24) is 4.72 Å². The highest BCUT2D eigenvalue weighted by Crippen LogP contribution is 2.39. The molecule has 1 aliphatic heterocycles. The van der Waals surface area contributed by atoms with Gasteiger partial charge in [-0.1, -0.05) is 17.7 Å². The summed E-state index contributed by atoms with van der Waals surface area (Å²) in [6, 6.07) is 6.83. The molecular formula is C12H15NO3S. The van der Waals surface area contributed by atoms with E-state index in [1.807, 2.05) is 6.92 Å². The summed E-state index contributed by atoms with van der Waals surface area (Å²) in [5.41, 5.74) is 1.05. The van der Waals surface area contributed by atoms with Crippen molar-refractivity contribution < 1.29 is 13.2 Å². The summed E-state index contributed by atoms with van der Waals surface area (Å²) in [5, 5.41) is 0. The van der Waals surface area contributed by atoms with Gasteiger partial charge in [0.2, 0.25) is 10.0 Å². The van der Waals surface area contributed by atoms with Crippen LogP contribution in [0.3, 0.4) is 0 Å². The summed E-state index contributed by atoms with van der Waals surface area (Å²) in [4.78, 5) is 0.326. The number of sulfonamides is 1. The summed E-state index contributed by atoms with van der Waals surface area (Å²) in [6.07, 6.45) is 2.24. The first-order chi connectivity index (χ1) is 8.06. The Morgan fingerprint density at radius 1 is 1.24 bits per heavy atom. The minimum Gasteiger partial charge on any atom is -0.368 e. The number of ether oxygens (including phenoxy) is 1. The molecule has 1 N–H and O–H groups in total. The molecule has 1 saturated heterocycles. The van der Waals surface area contributed by atoms with E-state index in [0.717, 1.165) is 18.4 Å². The number of rotatable bonds is 3. The molecule has 2 fully saturated rings. The Morgan fingerprint density at radius 2 is 1.94 bits per heavy atom. The average molecular weight is 253 g/mol. The molecule has 1 saturated carbocycles. The lowest BCUT2D eigenvalue weighted by Gasteiger charge is -2.13. The van der Waals surface area contributed by atoms with Crippen LogP contribution >= 0.6 is 0 Å². The van der Waals surface area contributed by atoms with Gasteiger partial charge in [0.1, 0.15) is 6.10 Å². The van der Waals surface area contributed by atoms with Gasteiger partial charge in [-0.15, -0.1) is 0 Å². The van der Waals surface area contributed by atoms with Crippen LogP contribution in [0.5, 0.6) is 0 Å². The second-order valence-corrected chi connectivity index (χ2v) is 6.47. The van der Waals surface area contributed by atoms with Crippen LogP contribution in [0.25, 0.3) is 0 Å². The second-order valence-electron chi connectivity index (χ2n) is 4.76. The zero-order valence-corrected chi connectivity index (χ0v) is 10.4. The van der Waals surface area contributed by atoms with E-state index in [4.69, 9.17) is 4.74 Å². The van der Waals surface area contributed by atoms with E-state index in [-0.39, 0.29) is 12.1 Å². The van der Waals surface area contributed by atoms with Crippen molar-refractivity contribution in [3.63, 3.8) is 0 Å². The lowest BCUT2D eigenvalue weighted by Crippen LogP contribution is -2.36. The summed E-state index contributed by atoms with van der Waals surface area (Å²) < 4.78 is 32.3. The van der Waals surface area contributed by atoms with Crippen molar-refractivity contribution in [2.45, 2.75) is 42.9 Å². The minimum atomic E-state index is -3.40. The van der Waals surface area contributed by atoms with Gasteiger partial charge in [0.25, 0.3) is 0 Å². The highest BCUT2D eigenvalue weighted by atomic mass is 32.2. The Bertz CT molecular complexity index is 523. The maximum atomic E-state index is 12.1. The molecule has 17 heavy (non-hydrogen) atoms. The number of fused-ring (bicyclic) bond motifs is 1. The van der Waals surface area contributed by atoms with Gasteiger partial charge < -0.3 is 4.74 Å². The number of hydrogen-bond acceptors (Lipinski definition) is 3.